The van der Waals surface area contributed by atoms with Crippen molar-refractivity contribution in [3.8, 4) is 0 Å². The smallest absolute Gasteiger partial charge is 0.262 e. The van der Waals surface area contributed by atoms with Gasteiger partial charge in [-0.25, -0.2) is 13.4 Å². The van der Waals surface area contributed by atoms with Gasteiger partial charge in [0.15, 0.2) is 0 Å². The number of pyridine rings is 1. The van der Waals surface area contributed by atoms with Crippen LogP contribution in [-0.4, -0.2) is 18.9 Å². The summed E-state index contributed by atoms with van der Waals surface area (Å²) in [5.74, 6) is 0.700. The minimum absolute atomic E-state index is 0.102. The first-order valence-corrected chi connectivity index (χ1v) is 8.48. The van der Waals surface area contributed by atoms with Gasteiger partial charge in [-0.3, -0.25) is 4.72 Å². The molecule has 0 saturated heterocycles. The zero-order chi connectivity index (χ0) is 16.4. The second-order valence-corrected chi connectivity index (χ2v) is 7.83. The van der Waals surface area contributed by atoms with E-state index in [1.807, 2.05) is 26.8 Å². The van der Waals surface area contributed by atoms with Crippen molar-refractivity contribution < 1.29 is 8.42 Å². The number of sulfonamides is 1. The molecule has 1 aromatic carbocycles. The van der Waals surface area contributed by atoms with E-state index in [0.717, 1.165) is 0 Å². The molecule has 0 aliphatic heterocycles. The molecule has 6 heteroatoms. The van der Waals surface area contributed by atoms with Crippen molar-refractivity contribution in [2.45, 2.75) is 38.1 Å². The Morgan fingerprint density at radius 1 is 1.05 bits per heavy atom. The lowest BCUT2D eigenvalue weighted by Gasteiger charge is -2.21. The van der Waals surface area contributed by atoms with Gasteiger partial charge in [0, 0.05) is 5.54 Å². The predicted molar refractivity (Wildman–Crippen MR) is 89.6 cm³/mol. The van der Waals surface area contributed by atoms with E-state index in [2.05, 4.69) is 15.0 Å². The number of aromatic nitrogens is 1. The summed E-state index contributed by atoms with van der Waals surface area (Å²) >= 11 is 0. The predicted octanol–water partition coefficient (Wildman–Crippen LogP) is 3.40. The molecule has 0 amide bonds. The molecule has 2 rings (SSSR count). The van der Waals surface area contributed by atoms with E-state index in [1.54, 1.807) is 37.3 Å². The largest absolute Gasteiger partial charge is 0.365 e. The van der Waals surface area contributed by atoms with E-state index in [1.165, 1.54) is 6.20 Å². The van der Waals surface area contributed by atoms with Crippen LogP contribution in [0.3, 0.4) is 0 Å². The first-order chi connectivity index (χ1) is 10.2. The Morgan fingerprint density at radius 2 is 1.73 bits per heavy atom. The molecule has 1 aromatic heterocycles. The van der Waals surface area contributed by atoms with E-state index < -0.39 is 10.0 Å². The Hall–Kier alpha value is -2.08. The highest BCUT2D eigenvalue weighted by Crippen LogP contribution is 2.20. The number of aryl methyl sites for hydroxylation is 1. The summed E-state index contributed by atoms with van der Waals surface area (Å²) in [6.45, 7) is 7.86. The fraction of sp³-hybridized carbons (Fsp3) is 0.312. The van der Waals surface area contributed by atoms with E-state index in [4.69, 9.17) is 0 Å². The highest BCUT2D eigenvalue weighted by Gasteiger charge is 2.16. The van der Waals surface area contributed by atoms with Gasteiger partial charge in [0.2, 0.25) is 0 Å². The third-order valence-electron chi connectivity index (χ3n) is 2.90. The topological polar surface area (TPSA) is 71.1 Å². The van der Waals surface area contributed by atoms with Crippen LogP contribution in [0.15, 0.2) is 47.5 Å². The molecule has 2 N–H and O–H groups in total. The van der Waals surface area contributed by atoms with Crippen LogP contribution in [-0.2, 0) is 10.0 Å². The monoisotopic (exact) mass is 319 g/mol. The number of hydrogen-bond acceptors (Lipinski definition) is 4. The van der Waals surface area contributed by atoms with Crippen molar-refractivity contribution >= 4 is 21.5 Å². The van der Waals surface area contributed by atoms with Crippen molar-refractivity contribution in [2.24, 2.45) is 0 Å². The molecule has 0 atom stereocenters. The van der Waals surface area contributed by atoms with Crippen LogP contribution in [0.2, 0.25) is 0 Å². The van der Waals surface area contributed by atoms with E-state index in [0.29, 0.717) is 17.1 Å². The first-order valence-electron chi connectivity index (χ1n) is 7.00. The van der Waals surface area contributed by atoms with Gasteiger partial charge >= 0.3 is 0 Å². The van der Waals surface area contributed by atoms with Gasteiger partial charge in [-0.05, 0) is 51.5 Å². The third-order valence-corrected chi connectivity index (χ3v) is 4.44. The molecule has 0 bridgehead atoms. The third kappa shape index (κ3) is 4.21. The van der Waals surface area contributed by atoms with Crippen molar-refractivity contribution in [1.29, 1.82) is 0 Å². The summed E-state index contributed by atoms with van der Waals surface area (Å²) in [6.07, 6.45) is 1.50. The molecule has 5 nitrogen and oxygen atoms in total. The van der Waals surface area contributed by atoms with Crippen LogP contribution in [0.5, 0.6) is 0 Å². The van der Waals surface area contributed by atoms with Gasteiger partial charge in [0.25, 0.3) is 10.0 Å². The lowest BCUT2D eigenvalue weighted by molar-refractivity contribution is 0.600. The van der Waals surface area contributed by atoms with Crippen molar-refractivity contribution in [1.82, 2.24) is 4.98 Å². The highest BCUT2D eigenvalue weighted by atomic mass is 32.2. The standard InChI is InChI=1S/C16H21N3O2S/c1-12-7-5-6-8-14(12)22(20,21)19-13-9-10-15(17-11-13)18-16(2,3)4/h5-11,19H,1-4H3,(H,17,18). The number of nitrogens with one attached hydrogen (secondary N) is 2. The van der Waals surface area contributed by atoms with E-state index in [-0.39, 0.29) is 10.4 Å². The van der Waals surface area contributed by atoms with Crippen LogP contribution < -0.4 is 10.0 Å². The zero-order valence-corrected chi connectivity index (χ0v) is 14.0. The van der Waals surface area contributed by atoms with Crippen LogP contribution in [0.1, 0.15) is 26.3 Å². The summed E-state index contributed by atoms with van der Waals surface area (Å²) in [7, 11) is -3.60. The van der Waals surface area contributed by atoms with Crippen LogP contribution in [0, 0.1) is 6.92 Å². The maximum atomic E-state index is 12.4. The lowest BCUT2D eigenvalue weighted by atomic mass is 10.1. The second kappa shape index (κ2) is 5.96. The van der Waals surface area contributed by atoms with Gasteiger partial charge in [0.05, 0.1) is 16.8 Å². The lowest BCUT2D eigenvalue weighted by Crippen LogP contribution is -2.26. The summed E-state index contributed by atoms with van der Waals surface area (Å²) in [5, 5.41) is 3.22. The Kier molecular flexibility index (Phi) is 4.42. The summed E-state index contributed by atoms with van der Waals surface area (Å²) in [5.41, 5.74) is 1.03. The summed E-state index contributed by atoms with van der Waals surface area (Å²) < 4.78 is 27.3. The summed E-state index contributed by atoms with van der Waals surface area (Å²) in [6, 6.07) is 10.3. The number of hydrogen-bond donors (Lipinski definition) is 2. The zero-order valence-electron chi connectivity index (χ0n) is 13.2. The second-order valence-electron chi connectivity index (χ2n) is 6.18. The average Bonchev–Trinajstić information content (AvgIpc) is 2.39. The Labute approximate surface area is 131 Å². The fourth-order valence-corrected chi connectivity index (χ4v) is 3.27. The molecule has 2 aromatic rings. The van der Waals surface area contributed by atoms with Gasteiger partial charge in [0.1, 0.15) is 5.82 Å². The van der Waals surface area contributed by atoms with Crippen LogP contribution in [0.25, 0.3) is 0 Å². The highest BCUT2D eigenvalue weighted by molar-refractivity contribution is 7.92. The quantitative estimate of drug-likeness (QED) is 0.906. The molecular formula is C16H21N3O2S. The van der Waals surface area contributed by atoms with Gasteiger partial charge in [-0.1, -0.05) is 18.2 Å². The van der Waals surface area contributed by atoms with E-state index in [9.17, 15) is 8.42 Å². The molecule has 0 spiro atoms. The number of nitrogens with zero attached hydrogens (tertiary/aromatic N) is 1. The van der Waals surface area contributed by atoms with Crippen LogP contribution >= 0.6 is 0 Å². The molecule has 118 valence electrons. The number of benzene rings is 1. The minimum Gasteiger partial charge on any atom is -0.365 e. The van der Waals surface area contributed by atoms with Crippen molar-refractivity contribution in [3.05, 3.63) is 48.2 Å². The molecule has 22 heavy (non-hydrogen) atoms. The molecule has 0 saturated carbocycles. The maximum absolute atomic E-state index is 12.4. The maximum Gasteiger partial charge on any atom is 0.262 e. The molecule has 0 unspecified atom stereocenters. The first kappa shape index (κ1) is 16.3. The SMILES string of the molecule is Cc1ccccc1S(=O)(=O)Nc1ccc(NC(C)(C)C)nc1. The molecule has 0 fully saturated rings. The van der Waals surface area contributed by atoms with Gasteiger partial charge in [-0.15, -0.1) is 0 Å². The normalized spacial score (nSPS) is 12.0. The number of rotatable bonds is 4. The molecule has 0 aliphatic carbocycles. The van der Waals surface area contributed by atoms with E-state index >= 15 is 0 Å². The molecular weight excluding hydrogens is 298 g/mol. The average molecular weight is 319 g/mol. The fourth-order valence-electron chi connectivity index (χ4n) is 1.98. The Morgan fingerprint density at radius 3 is 2.27 bits per heavy atom. The Balaban J connectivity index is 2.19. The van der Waals surface area contributed by atoms with Gasteiger partial charge < -0.3 is 5.32 Å². The van der Waals surface area contributed by atoms with Gasteiger partial charge in [-0.2, -0.15) is 0 Å². The van der Waals surface area contributed by atoms with Crippen LogP contribution in [0.4, 0.5) is 11.5 Å². The van der Waals surface area contributed by atoms with Crippen molar-refractivity contribution in [2.75, 3.05) is 10.0 Å². The molecule has 1 heterocycles. The summed E-state index contributed by atoms with van der Waals surface area (Å²) in [4.78, 5) is 4.50. The molecule has 0 radical (unpaired) electrons. The Bertz CT molecular complexity index is 748. The molecule has 0 aliphatic rings. The van der Waals surface area contributed by atoms with Crippen molar-refractivity contribution in [3.63, 3.8) is 0 Å². The minimum atomic E-state index is -3.60. The number of anilines is 2.